The van der Waals surface area contributed by atoms with E-state index in [-0.39, 0.29) is 0 Å². The molecule has 0 spiro atoms. The van der Waals surface area contributed by atoms with Gasteiger partial charge in [-0.05, 0) is 12.1 Å². The van der Waals surface area contributed by atoms with Crippen molar-refractivity contribution in [3.05, 3.63) is 30.3 Å². The van der Waals surface area contributed by atoms with Gasteiger partial charge in [-0.15, -0.1) is 0 Å². The quantitative estimate of drug-likeness (QED) is 0.359. The number of sulfone groups is 1. The third kappa shape index (κ3) is 3.65. The number of benzene rings is 1. The summed E-state index contributed by atoms with van der Waals surface area (Å²) in [5.41, 5.74) is 3.25. The fourth-order valence-electron chi connectivity index (χ4n) is 1.98. The minimum atomic E-state index is -3.19. The molecule has 1 aliphatic heterocycles. The van der Waals surface area contributed by atoms with Crippen LogP contribution in [0.1, 0.15) is 0 Å². The maximum atomic E-state index is 11.9. The highest BCUT2D eigenvalue weighted by Gasteiger charge is 2.33. The van der Waals surface area contributed by atoms with Gasteiger partial charge in [-0.3, -0.25) is 5.43 Å². The van der Waals surface area contributed by atoms with E-state index in [4.69, 9.17) is 5.84 Å². The molecule has 1 fully saturated rings. The third-order valence-electron chi connectivity index (χ3n) is 2.97. The maximum absolute atomic E-state index is 11.9. The zero-order chi connectivity index (χ0) is 14.6. The molecule has 1 aromatic carbocycles. The Kier molecular flexibility index (Phi) is 4.90. The number of thioether (sulfide) groups is 1. The van der Waals surface area contributed by atoms with Gasteiger partial charge in [0.25, 0.3) is 0 Å². The first-order valence-corrected chi connectivity index (χ1v) is 9.27. The highest BCUT2D eigenvalue weighted by atomic mass is 32.2. The number of hydrazine groups is 1. The Morgan fingerprint density at radius 2 is 2.15 bits per heavy atom. The van der Waals surface area contributed by atoms with Gasteiger partial charge in [0.1, 0.15) is 5.37 Å². The normalized spacial score (nSPS) is 20.8. The van der Waals surface area contributed by atoms with Crippen LogP contribution in [0, 0.1) is 0 Å². The predicted octanol–water partition coefficient (Wildman–Crippen LogP) is 0.557. The molecular weight excluding hydrogens is 296 g/mol. The molecule has 0 bridgehead atoms. The molecule has 1 saturated heterocycles. The molecule has 20 heavy (non-hydrogen) atoms. The minimum absolute atomic E-state index is 0.381. The maximum Gasteiger partial charge on any atom is 0.214 e. The number of guanidine groups is 1. The Morgan fingerprint density at radius 1 is 1.45 bits per heavy atom. The van der Waals surface area contributed by atoms with Gasteiger partial charge in [0.15, 0.2) is 9.84 Å². The van der Waals surface area contributed by atoms with Gasteiger partial charge < -0.3 is 4.90 Å². The van der Waals surface area contributed by atoms with Gasteiger partial charge in [0.05, 0.1) is 5.69 Å². The van der Waals surface area contributed by atoms with Gasteiger partial charge in [-0.2, -0.15) is 11.8 Å². The summed E-state index contributed by atoms with van der Waals surface area (Å²) in [6.45, 7) is 0.596. The SMILES string of the molecule is CS(=O)(=O)C1CSCCN1C(=Nc1ccccc1)NN. The molecule has 110 valence electrons. The van der Waals surface area contributed by atoms with Crippen molar-refractivity contribution in [2.45, 2.75) is 5.37 Å². The molecule has 0 radical (unpaired) electrons. The van der Waals surface area contributed by atoms with Crippen molar-refractivity contribution in [3.63, 3.8) is 0 Å². The number of nitrogens with one attached hydrogen (secondary N) is 1. The summed E-state index contributed by atoms with van der Waals surface area (Å²) in [5.74, 6) is 7.29. The zero-order valence-corrected chi connectivity index (χ0v) is 12.8. The average molecular weight is 314 g/mol. The lowest BCUT2D eigenvalue weighted by molar-refractivity contribution is 0.397. The summed E-state index contributed by atoms with van der Waals surface area (Å²) in [4.78, 5) is 6.12. The molecule has 1 aliphatic rings. The monoisotopic (exact) mass is 314 g/mol. The summed E-state index contributed by atoms with van der Waals surface area (Å²) in [5, 5.41) is -0.597. The molecule has 1 unspecified atom stereocenters. The molecule has 0 saturated carbocycles. The van der Waals surface area contributed by atoms with Gasteiger partial charge in [0, 0.05) is 24.3 Å². The largest absolute Gasteiger partial charge is 0.323 e. The summed E-state index contributed by atoms with van der Waals surface area (Å²) in [6, 6.07) is 9.31. The molecule has 6 nitrogen and oxygen atoms in total. The van der Waals surface area contributed by atoms with Crippen molar-refractivity contribution in [3.8, 4) is 0 Å². The number of rotatable bonds is 2. The standard InChI is InChI=1S/C12H18N4O2S2/c1-20(17,18)11-9-19-8-7-16(11)12(15-13)14-10-5-3-2-4-6-10/h2-6,11H,7-9,13H2,1H3,(H,14,15). The Bertz CT molecular complexity index is 574. The average Bonchev–Trinajstić information content (AvgIpc) is 2.45. The minimum Gasteiger partial charge on any atom is -0.323 e. The number of aliphatic imine (C=N–C) groups is 1. The number of nitrogens with two attached hydrogens (primary N) is 1. The van der Waals surface area contributed by atoms with Crippen molar-refractivity contribution in [2.75, 3.05) is 24.3 Å². The van der Waals surface area contributed by atoms with E-state index in [2.05, 4.69) is 10.4 Å². The van der Waals surface area contributed by atoms with Crippen molar-refractivity contribution in [1.82, 2.24) is 10.3 Å². The summed E-state index contributed by atoms with van der Waals surface area (Å²) in [6.07, 6.45) is 1.24. The van der Waals surface area contributed by atoms with E-state index in [1.54, 1.807) is 16.7 Å². The van der Waals surface area contributed by atoms with Crippen molar-refractivity contribution >= 4 is 33.2 Å². The molecule has 8 heteroatoms. The third-order valence-corrected chi connectivity index (χ3v) is 5.61. The topological polar surface area (TPSA) is 87.8 Å². The van der Waals surface area contributed by atoms with E-state index < -0.39 is 15.2 Å². The van der Waals surface area contributed by atoms with Crippen LogP contribution in [0.4, 0.5) is 5.69 Å². The van der Waals surface area contributed by atoms with Gasteiger partial charge >= 0.3 is 0 Å². The lowest BCUT2D eigenvalue weighted by Crippen LogP contribution is -2.55. The molecule has 1 heterocycles. The molecule has 3 N–H and O–H groups in total. The molecule has 1 aromatic rings. The zero-order valence-electron chi connectivity index (χ0n) is 11.2. The van der Waals surface area contributed by atoms with E-state index in [9.17, 15) is 8.42 Å². The first-order valence-electron chi connectivity index (χ1n) is 6.16. The van der Waals surface area contributed by atoms with E-state index in [1.807, 2.05) is 30.3 Å². The van der Waals surface area contributed by atoms with Crippen LogP contribution in [-0.4, -0.2) is 49.0 Å². The van der Waals surface area contributed by atoms with Crippen LogP contribution in [-0.2, 0) is 9.84 Å². The van der Waals surface area contributed by atoms with Crippen LogP contribution in [0.3, 0.4) is 0 Å². The van der Waals surface area contributed by atoms with Crippen LogP contribution in [0.5, 0.6) is 0 Å². The van der Waals surface area contributed by atoms with Crippen LogP contribution >= 0.6 is 11.8 Å². The Balaban J connectivity index is 2.32. The van der Waals surface area contributed by atoms with Crippen molar-refractivity contribution < 1.29 is 8.42 Å². The van der Waals surface area contributed by atoms with Crippen LogP contribution in [0.2, 0.25) is 0 Å². The van der Waals surface area contributed by atoms with Crippen LogP contribution in [0.25, 0.3) is 0 Å². The molecule has 0 amide bonds. The second-order valence-corrected chi connectivity index (χ2v) is 7.82. The first kappa shape index (κ1) is 15.1. The molecule has 0 aliphatic carbocycles. The van der Waals surface area contributed by atoms with Gasteiger partial charge in [-0.25, -0.2) is 19.3 Å². The molecule has 2 rings (SSSR count). The van der Waals surface area contributed by atoms with Crippen molar-refractivity contribution in [2.24, 2.45) is 10.8 Å². The van der Waals surface area contributed by atoms with E-state index in [0.717, 1.165) is 11.4 Å². The van der Waals surface area contributed by atoms with Gasteiger partial charge in [0.2, 0.25) is 5.96 Å². The lowest BCUT2D eigenvalue weighted by atomic mass is 10.3. The fourth-order valence-corrected chi connectivity index (χ4v) is 4.80. The second kappa shape index (κ2) is 6.47. The number of hydrogen-bond donors (Lipinski definition) is 2. The Morgan fingerprint density at radius 3 is 2.75 bits per heavy atom. The first-order chi connectivity index (χ1) is 9.52. The molecule has 0 aromatic heterocycles. The highest BCUT2D eigenvalue weighted by Crippen LogP contribution is 2.21. The summed E-state index contributed by atoms with van der Waals surface area (Å²) >= 11 is 1.62. The Labute approximate surface area is 123 Å². The number of hydrogen-bond acceptors (Lipinski definition) is 5. The van der Waals surface area contributed by atoms with Crippen molar-refractivity contribution in [1.29, 1.82) is 0 Å². The van der Waals surface area contributed by atoms with Crippen LogP contribution < -0.4 is 11.3 Å². The Hall–Kier alpha value is -1.25. The summed E-state index contributed by atoms with van der Waals surface area (Å²) in [7, 11) is -3.19. The smallest absolute Gasteiger partial charge is 0.214 e. The molecular formula is C12H18N4O2S2. The van der Waals surface area contributed by atoms with E-state index >= 15 is 0 Å². The van der Waals surface area contributed by atoms with E-state index in [0.29, 0.717) is 18.3 Å². The van der Waals surface area contributed by atoms with Gasteiger partial charge in [-0.1, -0.05) is 18.2 Å². The lowest BCUT2D eigenvalue weighted by Gasteiger charge is -2.35. The number of nitrogens with zero attached hydrogens (tertiary/aromatic N) is 2. The predicted molar refractivity (Wildman–Crippen MR) is 83.5 cm³/mol. The van der Waals surface area contributed by atoms with E-state index in [1.165, 1.54) is 6.26 Å². The summed E-state index contributed by atoms with van der Waals surface area (Å²) < 4.78 is 23.8. The highest BCUT2D eigenvalue weighted by molar-refractivity contribution is 8.00. The fraction of sp³-hybridized carbons (Fsp3) is 0.417. The number of para-hydroxylation sites is 1. The molecule has 1 atom stereocenters. The second-order valence-electron chi connectivity index (χ2n) is 4.47. The van der Waals surface area contributed by atoms with Crippen LogP contribution in [0.15, 0.2) is 35.3 Å².